The van der Waals surface area contributed by atoms with Crippen LogP contribution in [0, 0.1) is 0 Å². The molecule has 46 valence electrons. The van der Waals surface area contributed by atoms with Crippen LogP contribution in [0.5, 0.6) is 0 Å². The second kappa shape index (κ2) is 4.17. The van der Waals surface area contributed by atoms with E-state index in [-0.39, 0.29) is 8.41 Å². The van der Waals surface area contributed by atoms with Crippen molar-refractivity contribution in [2.24, 2.45) is 0 Å². The van der Waals surface area contributed by atoms with Gasteiger partial charge in [-0.2, -0.15) is 0 Å². The summed E-state index contributed by atoms with van der Waals surface area (Å²) in [5.74, 6) is -2.62. The quantitative estimate of drug-likeness (QED) is 0.337. The fourth-order valence-corrected chi connectivity index (χ4v) is 0.129. The number of aliphatic carboxylic acids is 2. The average Bonchev–Trinajstić information content (AvgIpc) is 1.27. The standard InChI is InChI=1S/C3H4O4.BH3/c4-2(5)1-3(6)7;/h1H2,(H,4,5)(H,6,7);1H3. The molecule has 4 nitrogen and oxygen atoms in total. The number of carboxylic acids is 2. The molecular weight excluding hydrogens is 111 g/mol. The Balaban J connectivity index is 0. The molecule has 0 aliphatic heterocycles. The molecule has 0 bridgehead atoms. The lowest BCUT2D eigenvalue weighted by Gasteiger charge is -1.80. The van der Waals surface area contributed by atoms with Gasteiger partial charge in [0.2, 0.25) is 0 Å². The molecule has 0 fully saturated rings. The second-order valence-corrected chi connectivity index (χ2v) is 0.964. The van der Waals surface area contributed by atoms with E-state index in [1.807, 2.05) is 0 Å². The van der Waals surface area contributed by atoms with Gasteiger partial charge in [0.25, 0.3) is 0 Å². The summed E-state index contributed by atoms with van der Waals surface area (Å²) in [6, 6.07) is 0. The Kier molecular flexibility index (Phi) is 5.26. The summed E-state index contributed by atoms with van der Waals surface area (Å²) in [5, 5.41) is 15.4. The van der Waals surface area contributed by atoms with Crippen LogP contribution in [0.2, 0.25) is 0 Å². The van der Waals surface area contributed by atoms with Crippen molar-refractivity contribution in [3.63, 3.8) is 0 Å². The molecule has 0 radical (unpaired) electrons. The zero-order valence-electron chi connectivity index (χ0n) is 3.42. The van der Waals surface area contributed by atoms with Crippen molar-refractivity contribution in [1.82, 2.24) is 0 Å². The third-order valence-corrected chi connectivity index (χ3v) is 0.302. The van der Waals surface area contributed by atoms with Crippen molar-refractivity contribution in [3.05, 3.63) is 0 Å². The third kappa shape index (κ3) is 8.89. The van der Waals surface area contributed by atoms with E-state index in [0.717, 1.165) is 0 Å². The molecule has 8 heavy (non-hydrogen) atoms. The lowest BCUT2D eigenvalue weighted by molar-refractivity contribution is -0.147. The maximum absolute atomic E-state index is 9.43. The maximum Gasteiger partial charge on any atom is 0.314 e. The summed E-state index contributed by atoms with van der Waals surface area (Å²) in [5.41, 5.74) is 0. The van der Waals surface area contributed by atoms with Crippen LogP contribution < -0.4 is 0 Å². The first-order valence-electron chi connectivity index (χ1n) is 1.56. The summed E-state index contributed by atoms with van der Waals surface area (Å²) in [6.07, 6.45) is -0.806. The van der Waals surface area contributed by atoms with Crippen molar-refractivity contribution in [3.8, 4) is 0 Å². The fourth-order valence-electron chi connectivity index (χ4n) is 0.129. The van der Waals surface area contributed by atoms with Crippen LogP contribution in [0.15, 0.2) is 0 Å². The highest BCUT2D eigenvalue weighted by atomic mass is 16.4. The molecule has 0 aromatic heterocycles. The van der Waals surface area contributed by atoms with Gasteiger partial charge < -0.3 is 10.2 Å². The molecule has 0 heterocycles. The zero-order chi connectivity index (χ0) is 5.86. The average molecular weight is 118 g/mol. The van der Waals surface area contributed by atoms with E-state index in [1.54, 1.807) is 0 Å². The van der Waals surface area contributed by atoms with Crippen LogP contribution in [0.1, 0.15) is 6.42 Å². The summed E-state index contributed by atoms with van der Waals surface area (Å²) in [4.78, 5) is 18.9. The molecule has 0 spiro atoms. The van der Waals surface area contributed by atoms with Gasteiger partial charge in [0.1, 0.15) is 6.42 Å². The summed E-state index contributed by atoms with van der Waals surface area (Å²) in [6.45, 7) is 0. The van der Waals surface area contributed by atoms with Crippen molar-refractivity contribution in [1.29, 1.82) is 0 Å². The molecule has 0 aromatic carbocycles. The molecular formula is C3H7BO4. The molecule has 0 aromatic rings. The summed E-state index contributed by atoms with van der Waals surface area (Å²) < 4.78 is 0. The molecule has 0 atom stereocenters. The Bertz CT molecular complexity index is 87.5. The highest BCUT2D eigenvalue weighted by molar-refractivity contribution is 5.88. The predicted octanol–water partition coefficient (Wildman–Crippen LogP) is -1.64. The number of carboxylic acid groups (broad SMARTS) is 2. The predicted molar refractivity (Wildman–Crippen MR) is 29.8 cm³/mol. The first kappa shape index (κ1) is 10.1. The van der Waals surface area contributed by atoms with Crippen molar-refractivity contribution < 1.29 is 19.8 Å². The van der Waals surface area contributed by atoms with Crippen LogP contribution >= 0.6 is 0 Å². The van der Waals surface area contributed by atoms with E-state index in [1.165, 1.54) is 0 Å². The minimum absolute atomic E-state index is 0. The molecule has 0 aliphatic rings. The molecule has 0 amide bonds. The second-order valence-electron chi connectivity index (χ2n) is 0.964. The van der Waals surface area contributed by atoms with Crippen LogP contribution in [0.4, 0.5) is 0 Å². The summed E-state index contributed by atoms with van der Waals surface area (Å²) in [7, 11) is 0. The van der Waals surface area contributed by atoms with Gasteiger partial charge in [0.05, 0.1) is 8.41 Å². The lowest BCUT2D eigenvalue weighted by atomic mass is 10.5. The largest absolute Gasteiger partial charge is 0.481 e. The van der Waals surface area contributed by atoms with Gasteiger partial charge in [-0.1, -0.05) is 0 Å². The monoisotopic (exact) mass is 118 g/mol. The summed E-state index contributed by atoms with van der Waals surface area (Å²) >= 11 is 0. The maximum atomic E-state index is 9.43. The molecule has 0 unspecified atom stereocenters. The Morgan fingerprint density at radius 1 is 1.12 bits per heavy atom. The van der Waals surface area contributed by atoms with E-state index in [2.05, 4.69) is 0 Å². The Hall–Kier alpha value is -0.995. The topological polar surface area (TPSA) is 74.6 Å². The van der Waals surface area contributed by atoms with Gasteiger partial charge >= 0.3 is 11.9 Å². The number of carbonyl (C=O) groups is 2. The van der Waals surface area contributed by atoms with Gasteiger partial charge in [-0.25, -0.2) is 0 Å². The van der Waals surface area contributed by atoms with Gasteiger partial charge in [-0.05, 0) is 0 Å². The normalized spacial score (nSPS) is 7.00. The highest BCUT2D eigenvalue weighted by Crippen LogP contribution is 1.74. The number of rotatable bonds is 2. The van der Waals surface area contributed by atoms with Gasteiger partial charge in [-0.15, -0.1) is 0 Å². The van der Waals surface area contributed by atoms with E-state index in [4.69, 9.17) is 10.2 Å². The zero-order valence-corrected chi connectivity index (χ0v) is 3.42. The molecule has 0 saturated carbocycles. The van der Waals surface area contributed by atoms with Crippen LogP contribution in [-0.4, -0.2) is 30.6 Å². The Morgan fingerprint density at radius 2 is 1.38 bits per heavy atom. The molecule has 5 heteroatoms. The van der Waals surface area contributed by atoms with Gasteiger partial charge in [0, 0.05) is 0 Å². The first-order chi connectivity index (χ1) is 3.13. The van der Waals surface area contributed by atoms with E-state index < -0.39 is 18.4 Å². The van der Waals surface area contributed by atoms with Gasteiger partial charge in [-0.3, -0.25) is 9.59 Å². The van der Waals surface area contributed by atoms with Crippen molar-refractivity contribution >= 4 is 20.4 Å². The minimum atomic E-state index is -1.31. The Morgan fingerprint density at radius 3 is 1.38 bits per heavy atom. The van der Waals surface area contributed by atoms with Crippen LogP contribution in [0.25, 0.3) is 0 Å². The molecule has 2 N–H and O–H groups in total. The Labute approximate surface area is 47.7 Å². The lowest BCUT2D eigenvalue weighted by Crippen LogP contribution is -2.03. The number of hydrogen-bond acceptors (Lipinski definition) is 2. The highest BCUT2D eigenvalue weighted by Gasteiger charge is 2.01. The number of hydrogen-bond donors (Lipinski definition) is 2. The van der Waals surface area contributed by atoms with Crippen LogP contribution in [-0.2, 0) is 9.59 Å². The first-order valence-corrected chi connectivity index (χ1v) is 1.56. The van der Waals surface area contributed by atoms with Crippen LogP contribution in [0.3, 0.4) is 0 Å². The third-order valence-electron chi connectivity index (χ3n) is 0.302. The smallest absolute Gasteiger partial charge is 0.314 e. The molecule has 0 saturated heterocycles. The molecule has 0 rings (SSSR count). The van der Waals surface area contributed by atoms with E-state index in [0.29, 0.717) is 0 Å². The fraction of sp³-hybridized carbons (Fsp3) is 0.333. The SMILES string of the molecule is B.O=C(O)CC(=O)O. The van der Waals surface area contributed by atoms with Crippen molar-refractivity contribution in [2.45, 2.75) is 6.42 Å². The van der Waals surface area contributed by atoms with E-state index in [9.17, 15) is 9.59 Å². The molecule has 0 aliphatic carbocycles. The minimum Gasteiger partial charge on any atom is -0.481 e. The van der Waals surface area contributed by atoms with Gasteiger partial charge in [0.15, 0.2) is 0 Å². The van der Waals surface area contributed by atoms with Crippen molar-refractivity contribution in [2.75, 3.05) is 0 Å². The van der Waals surface area contributed by atoms with E-state index >= 15 is 0 Å².